The summed E-state index contributed by atoms with van der Waals surface area (Å²) in [5.41, 5.74) is 5.48. The average molecular weight is 272 g/mol. The van der Waals surface area contributed by atoms with Crippen LogP contribution >= 0.6 is 0 Å². The Morgan fingerprint density at radius 1 is 0.474 bits per heavy atom. The highest BCUT2D eigenvalue weighted by molar-refractivity contribution is 4.49. The van der Waals surface area contributed by atoms with Crippen molar-refractivity contribution in [3.8, 4) is 0 Å². The number of hydrogen-bond donors (Lipinski definition) is 1. The van der Waals surface area contributed by atoms with Crippen molar-refractivity contribution in [2.45, 2.75) is 111 Å². The second-order valence-electron chi connectivity index (χ2n) is 5.74. The summed E-state index contributed by atoms with van der Waals surface area (Å²) >= 11 is 0. The van der Waals surface area contributed by atoms with Gasteiger partial charge in [-0.1, -0.05) is 104 Å². The predicted molar refractivity (Wildman–Crippen MR) is 90.7 cm³/mol. The molecule has 0 aromatic rings. The van der Waals surface area contributed by atoms with Gasteiger partial charge in [0.2, 0.25) is 0 Å². The van der Waals surface area contributed by atoms with Gasteiger partial charge in [0, 0.05) is 0 Å². The fraction of sp³-hybridized carbons (Fsp3) is 1.00. The topological polar surface area (TPSA) is 26.0 Å². The Labute approximate surface area is 123 Å². The van der Waals surface area contributed by atoms with Gasteiger partial charge in [-0.05, 0) is 13.0 Å². The third-order valence-corrected chi connectivity index (χ3v) is 3.81. The Hall–Kier alpha value is -0.0400. The van der Waals surface area contributed by atoms with E-state index in [9.17, 15) is 0 Å². The van der Waals surface area contributed by atoms with E-state index in [4.69, 9.17) is 5.73 Å². The maximum atomic E-state index is 5.48. The molecular weight excluding hydrogens is 230 g/mol. The molecule has 0 radical (unpaired) electrons. The van der Waals surface area contributed by atoms with E-state index in [1.165, 1.54) is 96.3 Å². The minimum atomic E-state index is 0. The number of unbranched alkanes of at least 4 members (excludes halogenated alkanes) is 14. The zero-order valence-electron chi connectivity index (χ0n) is 12.9. The first-order valence-electron chi connectivity index (χ1n) is 8.62. The molecule has 0 atom stereocenters. The molecule has 0 unspecified atom stereocenters. The second-order valence-corrected chi connectivity index (χ2v) is 5.74. The normalized spacial score (nSPS) is 10.4. The summed E-state index contributed by atoms with van der Waals surface area (Å²) in [6.45, 7) is 3.16. The molecule has 0 spiro atoms. The van der Waals surface area contributed by atoms with E-state index in [2.05, 4.69) is 6.92 Å². The SMILES string of the molecule is C.CCCCCCCCCCCCCCCCCN. The summed E-state index contributed by atoms with van der Waals surface area (Å²) in [5, 5.41) is 0. The van der Waals surface area contributed by atoms with Crippen LogP contribution in [0.1, 0.15) is 111 Å². The molecule has 1 nitrogen and oxygen atoms in total. The highest BCUT2D eigenvalue weighted by Crippen LogP contribution is 2.13. The Kier molecular flexibility index (Phi) is 22.7. The molecule has 1 heteroatoms. The van der Waals surface area contributed by atoms with Gasteiger partial charge >= 0.3 is 0 Å². The first-order valence-corrected chi connectivity index (χ1v) is 8.62. The largest absolute Gasteiger partial charge is 0.330 e. The molecular formula is C18H41N. The van der Waals surface area contributed by atoms with Crippen LogP contribution in [0.25, 0.3) is 0 Å². The van der Waals surface area contributed by atoms with E-state index in [0.29, 0.717) is 0 Å². The van der Waals surface area contributed by atoms with Gasteiger partial charge in [-0.25, -0.2) is 0 Å². The van der Waals surface area contributed by atoms with Crippen LogP contribution < -0.4 is 5.73 Å². The minimum Gasteiger partial charge on any atom is -0.330 e. The minimum absolute atomic E-state index is 0. The van der Waals surface area contributed by atoms with Crippen molar-refractivity contribution in [2.24, 2.45) is 5.73 Å². The highest BCUT2D eigenvalue weighted by Gasteiger charge is 1.93. The molecule has 0 aliphatic carbocycles. The average Bonchev–Trinajstić information content (AvgIpc) is 2.39. The standard InChI is InChI=1S/C17H37N.CH4/c1-2-3-4-5-6-7-8-9-10-11-12-13-14-15-16-17-18;/h2-18H2,1H3;1H4. The zero-order chi connectivity index (χ0) is 13.3. The molecule has 0 saturated heterocycles. The first kappa shape index (κ1) is 21.3. The Morgan fingerprint density at radius 2 is 0.737 bits per heavy atom. The molecule has 0 amide bonds. The van der Waals surface area contributed by atoms with Crippen molar-refractivity contribution < 1.29 is 0 Å². The van der Waals surface area contributed by atoms with Crippen LogP contribution in [0.4, 0.5) is 0 Å². The summed E-state index contributed by atoms with van der Waals surface area (Å²) in [6, 6.07) is 0. The molecule has 0 saturated carbocycles. The van der Waals surface area contributed by atoms with Crippen LogP contribution in [-0.2, 0) is 0 Å². The van der Waals surface area contributed by atoms with E-state index < -0.39 is 0 Å². The molecule has 0 aliphatic rings. The van der Waals surface area contributed by atoms with Crippen LogP contribution in [0.15, 0.2) is 0 Å². The molecule has 19 heavy (non-hydrogen) atoms. The predicted octanol–water partition coefficient (Wildman–Crippen LogP) is 6.45. The lowest BCUT2D eigenvalue weighted by atomic mass is 10.0. The summed E-state index contributed by atoms with van der Waals surface area (Å²) in [6.07, 6.45) is 21.4. The third-order valence-electron chi connectivity index (χ3n) is 3.81. The van der Waals surface area contributed by atoms with Gasteiger partial charge in [-0.15, -0.1) is 0 Å². The number of rotatable bonds is 15. The van der Waals surface area contributed by atoms with Crippen molar-refractivity contribution in [3.05, 3.63) is 0 Å². The molecule has 0 aromatic carbocycles. The lowest BCUT2D eigenvalue weighted by molar-refractivity contribution is 0.533. The lowest BCUT2D eigenvalue weighted by Crippen LogP contribution is -1.97. The third kappa shape index (κ3) is 20.4. The quantitative estimate of drug-likeness (QED) is 0.340. The van der Waals surface area contributed by atoms with Gasteiger partial charge in [0.1, 0.15) is 0 Å². The van der Waals surface area contributed by atoms with E-state index in [-0.39, 0.29) is 7.43 Å². The second kappa shape index (κ2) is 20.3. The van der Waals surface area contributed by atoms with Gasteiger partial charge < -0.3 is 5.73 Å². The van der Waals surface area contributed by atoms with Gasteiger partial charge in [0.15, 0.2) is 0 Å². The smallest absolute Gasteiger partial charge is 0.00773 e. The van der Waals surface area contributed by atoms with E-state index in [1.807, 2.05) is 0 Å². The molecule has 0 aromatic heterocycles. The first-order chi connectivity index (χ1) is 8.91. The van der Waals surface area contributed by atoms with Gasteiger partial charge in [0.05, 0.1) is 0 Å². The number of hydrogen-bond acceptors (Lipinski definition) is 1. The summed E-state index contributed by atoms with van der Waals surface area (Å²) in [4.78, 5) is 0. The Morgan fingerprint density at radius 3 is 1.00 bits per heavy atom. The monoisotopic (exact) mass is 271 g/mol. The molecule has 0 fully saturated rings. The molecule has 0 heterocycles. The zero-order valence-corrected chi connectivity index (χ0v) is 12.9. The van der Waals surface area contributed by atoms with Gasteiger partial charge in [-0.3, -0.25) is 0 Å². The van der Waals surface area contributed by atoms with Gasteiger partial charge in [-0.2, -0.15) is 0 Å². The van der Waals surface area contributed by atoms with Crippen molar-refractivity contribution in [3.63, 3.8) is 0 Å². The van der Waals surface area contributed by atoms with Crippen molar-refractivity contribution in [2.75, 3.05) is 6.54 Å². The van der Waals surface area contributed by atoms with E-state index in [1.54, 1.807) is 0 Å². The molecule has 0 rings (SSSR count). The maximum absolute atomic E-state index is 5.48. The Balaban J connectivity index is 0. The number of nitrogens with two attached hydrogens (primary N) is 1. The Bertz CT molecular complexity index is 118. The molecule has 2 N–H and O–H groups in total. The highest BCUT2D eigenvalue weighted by atomic mass is 14.5. The summed E-state index contributed by atoms with van der Waals surface area (Å²) < 4.78 is 0. The molecule has 0 bridgehead atoms. The summed E-state index contributed by atoms with van der Waals surface area (Å²) in [5.74, 6) is 0. The fourth-order valence-electron chi connectivity index (χ4n) is 2.52. The van der Waals surface area contributed by atoms with E-state index >= 15 is 0 Å². The van der Waals surface area contributed by atoms with Crippen LogP contribution in [0, 0.1) is 0 Å². The van der Waals surface area contributed by atoms with Crippen LogP contribution in [0.3, 0.4) is 0 Å². The molecule has 0 aliphatic heterocycles. The van der Waals surface area contributed by atoms with Crippen molar-refractivity contribution >= 4 is 0 Å². The van der Waals surface area contributed by atoms with Crippen LogP contribution in [0.2, 0.25) is 0 Å². The van der Waals surface area contributed by atoms with Crippen LogP contribution in [-0.4, -0.2) is 6.54 Å². The van der Waals surface area contributed by atoms with Gasteiger partial charge in [0.25, 0.3) is 0 Å². The van der Waals surface area contributed by atoms with Crippen molar-refractivity contribution in [1.29, 1.82) is 0 Å². The fourth-order valence-corrected chi connectivity index (χ4v) is 2.52. The summed E-state index contributed by atoms with van der Waals surface area (Å²) in [7, 11) is 0. The maximum Gasteiger partial charge on any atom is -0.00773 e. The van der Waals surface area contributed by atoms with E-state index in [0.717, 1.165) is 6.54 Å². The lowest BCUT2D eigenvalue weighted by Gasteiger charge is -2.03. The molecule has 118 valence electrons. The van der Waals surface area contributed by atoms with Crippen LogP contribution in [0.5, 0.6) is 0 Å². The van der Waals surface area contributed by atoms with Crippen molar-refractivity contribution in [1.82, 2.24) is 0 Å².